The van der Waals surface area contributed by atoms with Crippen molar-refractivity contribution < 1.29 is 19.4 Å². The van der Waals surface area contributed by atoms with Gasteiger partial charge in [0.2, 0.25) is 0 Å². The molecule has 0 saturated heterocycles. The number of amides is 1. The van der Waals surface area contributed by atoms with Crippen LogP contribution in [0.2, 0.25) is 5.02 Å². The first-order valence-corrected chi connectivity index (χ1v) is 11.7. The van der Waals surface area contributed by atoms with Gasteiger partial charge in [0, 0.05) is 30.0 Å². The third kappa shape index (κ3) is 5.60. The lowest BCUT2D eigenvalue weighted by atomic mass is 9.91. The minimum absolute atomic E-state index is 0.287. The molecule has 3 aromatic rings. The molecule has 0 bridgehead atoms. The van der Waals surface area contributed by atoms with Gasteiger partial charge in [-0.05, 0) is 72.9 Å². The molecule has 0 fully saturated rings. The minimum Gasteiger partial charge on any atom is -0.487 e. The van der Waals surface area contributed by atoms with Crippen LogP contribution in [0, 0.1) is 6.92 Å². The number of aliphatic carboxylic acids is 1. The molecule has 1 heterocycles. The molecule has 6 heteroatoms. The van der Waals surface area contributed by atoms with Crippen molar-refractivity contribution in [2.24, 2.45) is 0 Å². The molecule has 0 aromatic heterocycles. The molecule has 1 aliphatic heterocycles. The van der Waals surface area contributed by atoms with Gasteiger partial charge in [0.15, 0.2) is 0 Å². The quantitative estimate of drug-likeness (QED) is 0.474. The Morgan fingerprint density at radius 3 is 2.53 bits per heavy atom. The lowest BCUT2D eigenvalue weighted by Crippen LogP contribution is -2.37. The molecule has 0 spiro atoms. The van der Waals surface area contributed by atoms with E-state index in [2.05, 4.69) is 6.92 Å². The van der Waals surface area contributed by atoms with Crippen LogP contribution in [0.15, 0.2) is 66.7 Å². The monoisotopic (exact) mass is 477 g/mol. The van der Waals surface area contributed by atoms with Gasteiger partial charge >= 0.3 is 5.97 Å². The summed E-state index contributed by atoms with van der Waals surface area (Å²) in [6.45, 7) is 4.06. The van der Waals surface area contributed by atoms with Crippen molar-refractivity contribution >= 4 is 23.5 Å². The third-order valence-corrected chi connectivity index (χ3v) is 6.50. The Morgan fingerprint density at radius 1 is 1.09 bits per heavy atom. The van der Waals surface area contributed by atoms with Gasteiger partial charge in [-0.2, -0.15) is 0 Å². The first-order valence-electron chi connectivity index (χ1n) is 11.3. The summed E-state index contributed by atoms with van der Waals surface area (Å²) < 4.78 is 6.25. The molecule has 5 nitrogen and oxygen atoms in total. The number of carbonyl (C=O) groups excluding carboxylic acids is 1. The second-order valence-electron chi connectivity index (χ2n) is 9.15. The molecule has 4 rings (SSSR count). The first kappa shape index (κ1) is 23.8. The topological polar surface area (TPSA) is 66.8 Å². The van der Waals surface area contributed by atoms with Crippen LogP contribution in [0.1, 0.15) is 39.5 Å². The van der Waals surface area contributed by atoms with Crippen LogP contribution < -0.4 is 4.74 Å². The Morgan fingerprint density at radius 2 is 1.82 bits per heavy atom. The molecular weight excluding hydrogens is 450 g/mol. The molecule has 1 N–H and O–H groups in total. The van der Waals surface area contributed by atoms with Crippen molar-refractivity contribution in [2.45, 2.75) is 38.7 Å². The Hall–Kier alpha value is -3.31. The number of fused-ring (bicyclic) bond motifs is 1. The fourth-order valence-corrected chi connectivity index (χ4v) is 4.66. The lowest BCUT2D eigenvalue weighted by molar-refractivity contribution is -0.137. The highest BCUT2D eigenvalue weighted by Gasteiger charge is 2.35. The second kappa shape index (κ2) is 9.90. The Bertz CT molecular complexity index is 1210. The normalized spacial score (nSPS) is 16.6. The Labute approximate surface area is 204 Å². The third-order valence-electron chi connectivity index (χ3n) is 6.25. The molecule has 34 heavy (non-hydrogen) atoms. The zero-order valence-electron chi connectivity index (χ0n) is 19.4. The largest absolute Gasteiger partial charge is 0.487 e. The number of carboxylic acids is 1. The van der Waals surface area contributed by atoms with Crippen LogP contribution in [-0.2, 0) is 24.1 Å². The molecule has 3 aromatic carbocycles. The van der Waals surface area contributed by atoms with Crippen LogP contribution >= 0.6 is 11.6 Å². The van der Waals surface area contributed by atoms with Crippen molar-refractivity contribution in [1.82, 2.24) is 4.90 Å². The van der Waals surface area contributed by atoms with Crippen molar-refractivity contribution in [1.29, 1.82) is 0 Å². The summed E-state index contributed by atoms with van der Waals surface area (Å²) in [4.78, 5) is 26.2. The van der Waals surface area contributed by atoms with E-state index in [1.54, 1.807) is 6.07 Å². The lowest BCUT2D eigenvalue weighted by Gasteiger charge is -2.24. The number of nitrogens with zero attached hydrogens (tertiary/aromatic N) is 1. The van der Waals surface area contributed by atoms with Gasteiger partial charge < -0.3 is 14.7 Å². The smallest absolute Gasteiger partial charge is 0.323 e. The van der Waals surface area contributed by atoms with Crippen molar-refractivity contribution in [3.8, 4) is 5.75 Å². The van der Waals surface area contributed by atoms with E-state index in [1.807, 2.05) is 67.6 Å². The van der Waals surface area contributed by atoms with Crippen LogP contribution in [0.5, 0.6) is 5.75 Å². The summed E-state index contributed by atoms with van der Waals surface area (Å²) in [5.41, 5.74) is 4.36. The summed E-state index contributed by atoms with van der Waals surface area (Å²) >= 11 is 6.00. The van der Waals surface area contributed by atoms with Gasteiger partial charge in [-0.25, -0.2) is 0 Å². The van der Waals surface area contributed by atoms with E-state index in [4.69, 9.17) is 16.3 Å². The fraction of sp³-hybridized carbons (Fsp3) is 0.286. The predicted octanol–water partition coefficient (Wildman–Crippen LogP) is 5.35. The van der Waals surface area contributed by atoms with Crippen LogP contribution in [0.3, 0.4) is 0 Å². The van der Waals surface area contributed by atoms with Gasteiger partial charge in [0.25, 0.3) is 5.91 Å². The second-order valence-corrected chi connectivity index (χ2v) is 9.59. The van der Waals surface area contributed by atoms with E-state index in [-0.39, 0.29) is 12.5 Å². The highest BCUT2D eigenvalue weighted by atomic mass is 35.5. The van der Waals surface area contributed by atoms with Crippen LogP contribution in [0.25, 0.3) is 0 Å². The van der Waals surface area contributed by atoms with Gasteiger partial charge in [-0.3, -0.25) is 9.59 Å². The molecule has 0 radical (unpaired) electrons. The number of carbonyl (C=O) groups is 2. The number of hydrogen-bond acceptors (Lipinski definition) is 3. The number of aryl methyl sites for hydroxylation is 1. The number of halogens is 1. The summed E-state index contributed by atoms with van der Waals surface area (Å²) in [7, 11) is 0. The standard InChI is InChI=1S/C28H28ClNO4/c1-19-5-3-4-6-21(19)13-14-30(18-26(31)32)27(33)22-9-12-25-23(15-22)17-28(2,34-25)16-20-7-10-24(29)11-8-20/h3-12,15H,13-14,16-18H2,1-2H3,(H,31,32)/t28-/m1/s1. The maximum Gasteiger partial charge on any atom is 0.323 e. The van der Waals surface area contributed by atoms with Crippen LogP contribution in [-0.4, -0.2) is 40.6 Å². The number of ether oxygens (including phenoxy) is 1. The van der Waals surface area contributed by atoms with E-state index in [9.17, 15) is 14.7 Å². The summed E-state index contributed by atoms with van der Waals surface area (Å²) in [5, 5.41) is 10.1. The zero-order valence-corrected chi connectivity index (χ0v) is 20.1. The highest BCUT2D eigenvalue weighted by molar-refractivity contribution is 6.30. The number of hydrogen-bond donors (Lipinski definition) is 1. The zero-order chi connectivity index (χ0) is 24.3. The summed E-state index contributed by atoms with van der Waals surface area (Å²) in [5.74, 6) is -0.555. The van der Waals surface area contributed by atoms with Gasteiger partial charge in [0.05, 0.1) is 0 Å². The predicted molar refractivity (Wildman–Crippen MR) is 133 cm³/mol. The molecule has 0 unspecified atom stereocenters. The number of rotatable bonds is 8. The average molecular weight is 478 g/mol. The maximum atomic E-state index is 13.3. The van der Waals surface area contributed by atoms with Gasteiger partial charge in [-0.1, -0.05) is 48.0 Å². The van der Waals surface area contributed by atoms with E-state index < -0.39 is 11.6 Å². The Kier molecular flexibility index (Phi) is 6.94. The maximum absolute atomic E-state index is 13.3. The molecular formula is C28H28ClNO4. The SMILES string of the molecule is Cc1ccccc1CCN(CC(=O)O)C(=O)c1ccc2c(c1)C[C@@](C)(Cc1ccc(Cl)cc1)O2. The Balaban J connectivity index is 1.49. The highest BCUT2D eigenvalue weighted by Crippen LogP contribution is 2.37. The van der Waals surface area contributed by atoms with Crippen molar-refractivity contribution in [2.75, 3.05) is 13.1 Å². The first-order chi connectivity index (χ1) is 16.2. The molecule has 1 aliphatic rings. The van der Waals surface area contributed by atoms with E-state index in [1.165, 1.54) is 4.90 Å². The molecule has 176 valence electrons. The summed E-state index contributed by atoms with van der Waals surface area (Å²) in [6.07, 6.45) is 1.97. The van der Waals surface area contributed by atoms with Crippen molar-refractivity contribution in [3.05, 3.63) is 99.6 Å². The molecule has 0 aliphatic carbocycles. The number of carboxylic acid groups (broad SMARTS) is 1. The molecule has 1 atom stereocenters. The molecule has 0 saturated carbocycles. The number of benzene rings is 3. The average Bonchev–Trinajstić information content (AvgIpc) is 3.13. The van der Waals surface area contributed by atoms with Gasteiger partial charge in [0.1, 0.15) is 17.9 Å². The summed E-state index contributed by atoms with van der Waals surface area (Å²) in [6, 6.07) is 21.0. The van der Waals surface area contributed by atoms with E-state index >= 15 is 0 Å². The fourth-order valence-electron chi connectivity index (χ4n) is 4.53. The van der Waals surface area contributed by atoms with E-state index in [0.717, 1.165) is 28.0 Å². The van der Waals surface area contributed by atoms with E-state index in [0.29, 0.717) is 36.4 Å². The van der Waals surface area contributed by atoms with Crippen molar-refractivity contribution in [3.63, 3.8) is 0 Å². The van der Waals surface area contributed by atoms with Crippen LogP contribution in [0.4, 0.5) is 0 Å². The minimum atomic E-state index is -1.03. The molecule has 1 amide bonds. The van der Waals surface area contributed by atoms with Gasteiger partial charge in [-0.15, -0.1) is 0 Å².